The van der Waals surface area contributed by atoms with Crippen LogP contribution < -0.4 is 0 Å². The van der Waals surface area contributed by atoms with Crippen molar-refractivity contribution in [2.24, 2.45) is 0 Å². The Bertz CT molecular complexity index is 1090. The van der Waals surface area contributed by atoms with E-state index >= 15 is 0 Å². The fourth-order valence-electron chi connectivity index (χ4n) is 4.59. The number of likely N-dealkylation sites (tertiary alicyclic amines) is 1. The van der Waals surface area contributed by atoms with Crippen LogP contribution in [0.4, 0.5) is 0 Å². The Morgan fingerprint density at radius 3 is 2.54 bits per heavy atom. The summed E-state index contributed by atoms with van der Waals surface area (Å²) in [5.74, 6) is -0.240. The van der Waals surface area contributed by atoms with Gasteiger partial charge in [-0.1, -0.05) is 41.9 Å². The highest BCUT2D eigenvalue weighted by atomic mass is 35.5. The fraction of sp³-hybridized carbons (Fsp3) is 0.273. The lowest BCUT2D eigenvalue weighted by Gasteiger charge is -2.39. The Morgan fingerprint density at radius 2 is 1.82 bits per heavy atom. The molecule has 1 saturated heterocycles. The largest absolute Gasteiger partial charge is 0.357 e. The molecule has 0 bridgehead atoms. The first kappa shape index (κ1) is 17.5. The summed E-state index contributed by atoms with van der Waals surface area (Å²) >= 11 is 6.11. The van der Waals surface area contributed by atoms with Gasteiger partial charge in [-0.15, -0.1) is 0 Å². The maximum atomic E-state index is 12.8. The molecule has 142 valence electrons. The molecule has 1 aromatic heterocycles. The van der Waals surface area contributed by atoms with Gasteiger partial charge in [-0.05, 0) is 35.7 Å². The number of fused-ring (bicyclic) bond motifs is 3. The molecule has 3 heterocycles. The molecule has 2 aliphatic rings. The van der Waals surface area contributed by atoms with E-state index < -0.39 is 6.04 Å². The minimum Gasteiger partial charge on any atom is -0.357 e. The molecule has 5 rings (SSSR count). The first-order valence-corrected chi connectivity index (χ1v) is 9.83. The number of likely N-dealkylation sites (N-methyl/N-ethyl adjacent to an activating group) is 1. The highest BCUT2D eigenvalue weighted by Gasteiger charge is 2.45. The highest BCUT2D eigenvalue weighted by molar-refractivity contribution is 6.30. The van der Waals surface area contributed by atoms with E-state index in [9.17, 15) is 9.59 Å². The maximum absolute atomic E-state index is 12.8. The number of nitrogens with zero attached hydrogens (tertiary/aromatic N) is 2. The van der Waals surface area contributed by atoms with Gasteiger partial charge in [0, 0.05) is 35.2 Å². The van der Waals surface area contributed by atoms with Crippen molar-refractivity contribution in [1.82, 2.24) is 14.8 Å². The summed E-state index contributed by atoms with van der Waals surface area (Å²) < 4.78 is 0. The third-order valence-electron chi connectivity index (χ3n) is 6.02. The third kappa shape index (κ3) is 2.58. The van der Waals surface area contributed by atoms with Crippen LogP contribution in [0.25, 0.3) is 10.9 Å². The van der Waals surface area contributed by atoms with E-state index in [2.05, 4.69) is 22.0 Å². The molecule has 2 amide bonds. The summed E-state index contributed by atoms with van der Waals surface area (Å²) in [7, 11) is 1.57. The van der Waals surface area contributed by atoms with Gasteiger partial charge >= 0.3 is 0 Å². The number of rotatable bonds is 2. The number of hydrogen-bond acceptors (Lipinski definition) is 3. The molecule has 28 heavy (non-hydrogen) atoms. The van der Waals surface area contributed by atoms with Crippen molar-refractivity contribution >= 4 is 34.3 Å². The number of amides is 2. The first-order chi connectivity index (χ1) is 13.5. The number of halogens is 1. The zero-order valence-electron chi connectivity index (χ0n) is 15.5. The van der Waals surface area contributed by atoms with Gasteiger partial charge in [0.05, 0.1) is 18.5 Å². The Labute approximate surface area is 167 Å². The molecular weight excluding hydrogens is 374 g/mol. The zero-order chi connectivity index (χ0) is 19.4. The minimum absolute atomic E-state index is 0.118. The van der Waals surface area contributed by atoms with Crippen molar-refractivity contribution in [3.05, 3.63) is 70.4 Å². The average Bonchev–Trinajstić information content (AvgIpc) is 3.20. The van der Waals surface area contributed by atoms with E-state index in [4.69, 9.17) is 11.6 Å². The number of H-pyrrole nitrogens is 1. The molecule has 0 radical (unpaired) electrons. The zero-order valence-corrected chi connectivity index (χ0v) is 16.2. The van der Waals surface area contributed by atoms with Gasteiger partial charge in [0.25, 0.3) is 0 Å². The molecule has 0 saturated carbocycles. The number of carbonyl (C=O) groups excluding carboxylic acids is 2. The summed E-state index contributed by atoms with van der Waals surface area (Å²) in [6.45, 7) is 0.722. The number of imide groups is 1. The molecular formula is C22H20ClN3O2. The van der Waals surface area contributed by atoms with Gasteiger partial charge in [0.15, 0.2) is 0 Å². The van der Waals surface area contributed by atoms with Gasteiger partial charge in [0.2, 0.25) is 11.8 Å². The topological polar surface area (TPSA) is 56.4 Å². The number of hydrogen-bond donors (Lipinski definition) is 1. The molecule has 1 fully saturated rings. The monoisotopic (exact) mass is 393 g/mol. The van der Waals surface area contributed by atoms with Gasteiger partial charge in [0.1, 0.15) is 0 Å². The molecule has 0 spiro atoms. The van der Waals surface area contributed by atoms with Crippen LogP contribution >= 0.6 is 11.6 Å². The average molecular weight is 394 g/mol. The Balaban J connectivity index is 1.66. The van der Waals surface area contributed by atoms with E-state index in [0.717, 1.165) is 29.7 Å². The predicted molar refractivity (Wildman–Crippen MR) is 108 cm³/mol. The second-order valence-corrected chi connectivity index (χ2v) is 7.95. The lowest BCUT2D eigenvalue weighted by Crippen LogP contribution is -2.46. The van der Waals surface area contributed by atoms with Crippen LogP contribution in [0.3, 0.4) is 0 Å². The second-order valence-electron chi connectivity index (χ2n) is 7.52. The molecule has 2 aliphatic heterocycles. The molecule has 0 unspecified atom stereocenters. The smallest absolute Gasteiger partial charge is 0.246 e. The molecule has 2 aromatic carbocycles. The summed E-state index contributed by atoms with van der Waals surface area (Å²) in [5.41, 5.74) is 4.55. The molecule has 5 nitrogen and oxygen atoms in total. The van der Waals surface area contributed by atoms with Crippen LogP contribution in [0.15, 0.2) is 48.5 Å². The van der Waals surface area contributed by atoms with E-state index in [-0.39, 0.29) is 24.3 Å². The highest BCUT2D eigenvalue weighted by Crippen LogP contribution is 2.41. The van der Waals surface area contributed by atoms with Crippen molar-refractivity contribution in [3.63, 3.8) is 0 Å². The van der Waals surface area contributed by atoms with Crippen molar-refractivity contribution in [1.29, 1.82) is 0 Å². The lowest BCUT2D eigenvalue weighted by atomic mass is 9.90. The van der Waals surface area contributed by atoms with E-state index in [1.54, 1.807) is 7.05 Å². The second kappa shape index (κ2) is 6.47. The standard InChI is InChI=1S/C22H20ClN3O2/c1-25-19(27)12-18(22(25)28)26-11-10-16-15-4-2-3-5-17(15)24-20(16)21(26)13-6-8-14(23)9-7-13/h2-9,18,21,24H,10-12H2,1H3/t18-,21+/m1/s1. The van der Waals surface area contributed by atoms with E-state index in [1.807, 2.05) is 36.4 Å². The van der Waals surface area contributed by atoms with Crippen LogP contribution in [0.2, 0.25) is 5.02 Å². The molecule has 0 aliphatic carbocycles. The van der Waals surface area contributed by atoms with Crippen LogP contribution in [-0.4, -0.2) is 46.2 Å². The van der Waals surface area contributed by atoms with Crippen LogP contribution in [-0.2, 0) is 16.0 Å². The normalized spacial score (nSPS) is 22.9. The molecule has 6 heteroatoms. The molecule has 2 atom stereocenters. The van der Waals surface area contributed by atoms with Gasteiger partial charge in [-0.25, -0.2) is 0 Å². The minimum atomic E-state index is -0.433. The summed E-state index contributed by atoms with van der Waals surface area (Å²) in [4.78, 5) is 31.9. The van der Waals surface area contributed by atoms with E-state index in [1.165, 1.54) is 15.8 Å². The number of benzene rings is 2. The molecule has 1 N–H and O–H groups in total. The quantitative estimate of drug-likeness (QED) is 0.678. The summed E-state index contributed by atoms with van der Waals surface area (Å²) in [6, 6.07) is 15.5. The van der Waals surface area contributed by atoms with Crippen LogP contribution in [0, 0.1) is 0 Å². The number of nitrogens with one attached hydrogen (secondary N) is 1. The van der Waals surface area contributed by atoms with Crippen molar-refractivity contribution in [3.8, 4) is 0 Å². The third-order valence-corrected chi connectivity index (χ3v) is 6.27. The predicted octanol–water partition coefficient (Wildman–Crippen LogP) is 3.53. The van der Waals surface area contributed by atoms with Crippen molar-refractivity contribution in [2.75, 3.05) is 13.6 Å². The van der Waals surface area contributed by atoms with Gasteiger partial charge < -0.3 is 4.98 Å². The first-order valence-electron chi connectivity index (χ1n) is 9.45. The number of aromatic nitrogens is 1. The number of para-hydroxylation sites is 1. The van der Waals surface area contributed by atoms with Crippen LogP contribution in [0.5, 0.6) is 0 Å². The summed E-state index contributed by atoms with van der Waals surface area (Å²) in [6.07, 6.45) is 1.07. The lowest BCUT2D eigenvalue weighted by molar-refractivity contribution is -0.138. The molecule has 3 aromatic rings. The SMILES string of the molecule is CN1C(=O)C[C@@H](N2CCc3c([nH]c4ccccc34)[C@@H]2c2ccc(Cl)cc2)C1=O. The maximum Gasteiger partial charge on any atom is 0.246 e. The Hall–Kier alpha value is -2.63. The van der Waals surface area contributed by atoms with E-state index in [0.29, 0.717) is 5.02 Å². The Kier molecular flexibility index (Phi) is 4.03. The van der Waals surface area contributed by atoms with Gasteiger partial charge in [-0.2, -0.15) is 0 Å². The van der Waals surface area contributed by atoms with Gasteiger partial charge in [-0.3, -0.25) is 19.4 Å². The number of aromatic amines is 1. The van der Waals surface area contributed by atoms with Crippen molar-refractivity contribution < 1.29 is 9.59 Å². The number of carbonyl (C=O) groups is 2. The van der Waals surface area contributed by atoms with Crippen molar-refractivity contribution in [2.45, 2.75) is 24.9 Å². The summed E-state index contributed by atoms with van der Waals surface area (Å²) in [5, 5.41) is 1.90. The Morgan fingerprint density at radius 1 is 1.07 bits per heavy atom. The van der Waals surface area contributed by atoms with Crippen LogP contribution in [0.1, 0.15) is 29.3 Å². The fourth-order valence-corrected chi connectivity index (χ4v) is 4.72.